The van der Waals surface area contributed by atoms with Gasteiger partial charge in [0.2, 0.25) is 0 Å². The maximum absolute atomic E-state index is 13.4. The van der Waals surface area contributed by atoms with Gasteiger partial charge in [0.05, 0.1) is 43.5 Å². The minimum atomic E-state index is -0.894. The van der Waals surface area contributed by atoms with Crippen molar-refractivity contribution in [3.8, 4) is 17.2 Å². The molecule has 4 rings (SSSR count). The van der Waals surface area contributed by atoms with Crippen molar-refractivity contribution in [3.05, 3.63) is 87.9 Å². The number of ether oxygens (including phenoxy) is 3. The Morgan fingerprint density at radius 3 is 2.09 bits per heavy atom. The van der Waals surface area contributed by atoms with Crippen molar-refractivity contribution in [3.63, 3.8) is 0 Å². The zero-order valence-electron chi connectivity index (χ0n) is 19.7. The van der Waals surface area contributed by atoms with Crippen molar-refractivity contribution in [2.75, 3.05) is 26.2 Å². The van der Waals surface area contributed by atoms with E-state index in [1.807, 2.05) is 19.1 Å². The smallest absolute Gasteiger partial charge is 0.300 e. The lowest BCUT2D eigenvalue weighted by Gasteiger charge is -2.26. The molecule has 1 fully saturated rings. The first-order chi connectivity index (χ1) is 16.8. The highest BCUT2D eigenvalue weighted by Gasteiger charge is 2.47. The van der Waals surface area contributed by atoms with Crippen molar-refractivity contribution in [2.24, 2.45) is 0 Å². The van der Waals surface area contributed by atoms with Crippen molar-refractivity contribution >= 4 is 34.7 Å². The fraction of sp³-hybridized carbons (Fsp3) is 0.185. The highest BCUT2D eigenvalue weighted by molar-refractivity contribution is 6.51. The van der Waals surface area contributed by atoms with E-state index in [1.165, 1.54) is 31.3 Å². The Hall–Kier alpha value is -3.97. The Kier molecular flexibility index (Phi) is 6.71. The maximum Gasteiger partial charge on any atom is 0.300 e. The van der Waals surface area contributed by atoms with Crippen LogP contribution in [0.25, 0.3) is 5.76 Å². The summed E-state index contributed by atoms with van der Waals surface area (Å²) in [5, 5.41) is 11.7. The van der Waals surface area contributed by atoms with Crippen molar-refractivity contribution in [2.45, 2.75) is 13.0 Å². The number of methoxy groups -OCH3 is 3. The highest BCUT2D eigenvalue weighted by Crippen LogP contribution is 2.45. The van der Waals surface area contributed by atoms with Crippen LogP contribution in [0.5, 0.6) is 17.2 Å². The second-order valence-electron chi connectivity index (χ2n) is 7.96. The van der Waals surface area contributed by atoms with E-state index < -0.39 is 23.5 Å². The summed E-state index contributed by atoms with van der Waals surface area (Å²) in [6, 6.07) is 16.3. The summed E-state index contributed by atoms with van der Waals surface area (Å²) in [5.74, 6) is -0.849. The Bertz CT molecular complexity index is 1310. The summed E-state index contributed by atoms with van der Waals surface area (Å²) in [6.45, 7) is 1.93. The van der Waals surface area contributed by atoms with Crippen LogP contribution < -0.4 is 19.1 Å². The third kappa shape index (κ3) is 4.31. The summed E-state index contributed by atoms with van der Waals surface area (Å²) >= 11 is 6.22. The number of hydrogen-bond acceptors (Lipinski definition) is 6. The van der Waals surface area contributed by atoms with Crippen molar-refractivity contribution in [1.82, 2.24) is 0 Å². The average Bonchev–Trinajstić information content (AvgIpc) is 3.14. The fourth-order valence-corrected chi connectivity index (χ4v) is 4.33. The van der Waals surface area contributed by atoms with Crippen molar-refractivity contribution < 1.29 is 28.9 Å². The largest absolute Gasteiger partial charge is 0.507 e. The van der Waals surface area contributed by atoms with E-state index in [4.69, 9.17) is 25.8 Å². The van der Waals surface area contributed by atoms with E-state index >= 15 is 0 Å². The van der Waals surface area contributed by atoms with Gasteiger partial charge in [-0.15, -0.1) is 0 Å². The number of benzene rings is 3. The number of nitrogens with zero attached hydrogens (tertiary/aromatic N) is 1. The van der Waals surface area contributed by atoms with Gasteiger partial charge in [-0.3, -0.25) is 14.5 Å². The second-order valence-corrected chi connectivity index (χ2v) is 8.37. The summed E-state index contributed by atoms with van der Waals surface area (Å²) < 4.78 is 15.9. The predicted octanol–water partition coefficient (Wildman–Crippen LogP) is 5.30. The molecular weight excluding hydrogens is 470 g/mol. The van der Waals surface area contributed by atoms with Crippen LogP contribution in [0.15, 0.2) is 66.2 Å². The van der Waals surface area contributed by atoms with E-state index in [9.17, 15) is 14.7 Å². The average molecular weight is 494 g/mol. The number of aliphatic hydroxyl groups is 1. The first kappa shape index (κ1) is 24.2. The Morgan fingerprint density at radius 2 is 1.51 bits per heavy atom. The van der Waals surface area contributed by atoms with Gasteiger partial charge < -0.3 is 19.3 Å². The molecule has 0 bridgehead atoms. The molecule has 35 heavy (non-hydrogen) atoms. The predicted molar refractivity (Wildman–Crippen MR) is 134 cm³/mol. The summed E-state index contributed by atoms with van der Waals surface area (Å²) in [7, 11) is 4.40. The Morgan fingerprint density at radius 1 is 0.886 bits per heavy atom. The number of rotatable bonds is 6. The molecule has 1 aliphatic rings. The molecule has 0 spiro atoms. The number of hydrogen-bond donors (Lipinski definition) is 1. The quantitative estimate of drug-likeness (QED) is 0.285. The maximum atomic E-state index is 13.4. The number of ketones is 1. The molecule has 7 nitrogen and oxygen atoms in total. The third-order valence-corrected chi connectivity index (χ3v) is 6.21. The van der Waals surface area contributed by atoms with Gasteiger partial charge in [-0.1, -0.05) is 41.4 Å². The van der Waals surface area contributed by atoms with Gasteiger partial charge in [0.25, 0.3) is 11.7 Å². The zero-order valence-corrected chi connectivity index (χ0v) is 20.4. The first-order valence-electron chi connectivity index (χ1n) is 10.7. The summed E-state index contributed by atoms with van der Waals surface area (Å²) in [5.41, 5.74) is 2.24. The lowest BCUT2D eigenvalue weighted by atomic mass is 9.94. The third-order valence-electron chi connectivity index (χ3n) is 5.92. The van der Waals surface area contributed by atoms with E-state index in [0.717, 1.165) is 5.56 Å². The number of aryl methyl sites for hydroxylation is 1. The SMILES string of the molecule is COc1ccc(C2/C(=C(\O)c3cc(OC)c(Cl)cc3OC)C(=O)C(=O)N2c2ccc(C)cc2)cc1. The number of halogens is 1. The minimum absolute atomic E-state index is 0.0802. The van der Waals surface area contributed by atoms with Gasteiger partial charge in [0, 0.05) is 11.8 Å². The first-order valence-corrected chi connectivity index (χ1v) is 11.1. The lowest BCUT2D eigenvalue weighted by Crippen LogP contribution is -2.29. The van der Waals surface area contributed by atoms with Gasteiger partial charge >= 0.3 is 0 Å². The van der Waals surface area contributed by atoms with Gasteiger partial charge in [0.15, 0.2) is 0 Å². The molecule has 8 heteroatoms. The number of amides is 1. The van der Waals surface area contributed by atoms with Crippen LogP contribution in [-0.4, -0.2) is 38.1 Å². The standard InChI is InChI=1S/C27H24ClNO6/c1-15-5-9-17(10-6-15)29-24(16-7-11-18(33-2)12-8-16)23(26(31)27(29)32)25(30)19-13-22(35-4)20(28)14-21(19)34-3/h5-14,24,30H,1-4H3/b25-23+. The van der Waals surface area contributed by atoms with E-state index in [0.29, 0.717) is 17.0 Å². The number of carbonyl (C=O) groups is 2. The van der Waals surface area contributed by atoms with E-state index in [1.54, 1.807) is 43.5 Å². The molecule has 180 valence electrons. The molecular formula is C27H24ClNO6. The topological polar surface area (TPSA) is 85.3 Å². The molecule has 0 saturated carbocycles. The molecule has 1 heterocycles. The number of aliphatic hydroxyl groups excluding tert-OH is 1. The second kappa shape index (κ2) is 9.72. The lowest BCUT2D eigenvalue weighted by molar-refractivity contribution is -0.132. The molecule has 3 aromatic carbocycles. The Balaban J connectivity index is 1.98. The molecule has 1 unspecified atom stereocenters. The molecule has 1 aliphatic heterocycles. The molecule has 1 N–H and O–H groups in total. The number of Topliss-reactive ketones (excluding diaryl/α,β-unsaturated/α-hetero) is 1. The van der Waals surface area contributed by atoms with Gasteiger partial charge in [-0.05, 0) is 42.8 Å². The molecule has 0 aromatic heterocycles. The monoisotopic (exact) mass is 493 g/mol. The molecule has 1 saturated heterocycles. The Labute approximate surface area is 208 Å². The minimum Gasteiger partial charge on any atom is -0.507 e. The molecule has 3 aromatic rings. The van der Waals surface area contributed by atoms with Crippen LogP contribution in [0.1, 0.15) is 22.7 Å². The van der Waals surface area contributed by atoms with Crippen LogP contribution in [0.3, 0.4) is 0 Å². The summed E-state index contributed by atoms with van der Waals surface area (Å²) in [4.78, 5) is 28.1. The van der Waals surface area contributed by atoms with Crippen LogP contribution in [0, 0.1) is 6.92 Å². The van der Waals surface area contributed by atoms with E-state index in [2.05, 4.69) is 0 Å². The number of carbonyl (C=O) groups excluding carboxylic acids is 2. The van der Waals surface area contributed by atoms with Gasteiger partial charge in [0.1, 0.15) is 23.0 Å². The molecule has 0 radical (unpaired) electrons. The summed E-state index contributed by atoms with van der Waals surface area (Å²) in [6.07, 6.45) is 0. The normalized spacial score (nSPS) is 16.9. The fourth-order valence-electron chi connectivity index (χ4n) is 4.10. The molecule has 0 aliphatic carbocycles. The zero-order chi connectivity index (χ0) is 25.3. The van der Waals surface area contributed by atoms with Crippen LogP contribution in [0.4, 0.5) is 5.69 Å². The van der Waals surface area contributed by atoms with Gasteiger partial charge in [-0.25, -0.2) is 0 Å². The van der Waals surface area contributed by atoms with Crippen LogP contribution in [-0.2, 0) is 9.59 Å². The van der Waals surface area contributed by atoms with Gasteiger partial charge in [-0.2, -0.15) is 0 Å². The highest BCUT2D eigenvalue weighted by atomic mass is 35.5. The van der Waals surface area contributed by atoms with Crippen molar-refractivity contribution in [1.29, 1.82) is 0 Å². The van der Waals surface area contributed by atoms with Crippen LogP contribution in [0.2, 0.25) is 5.02 Å². The molecule has 1 amide bonds. The van der Waals surface area contributed by atoms with Crippen LogP contribution >= 0.6 is 11.6 Å². The molecule has 1 atom stereocenters. The van der Waals surface area contributed by atoms with E-state index in [-0.39, 0.29) is 27.7 Å². The number of anilines is 1.